The number of benzene rings is 2. The summed E-state index contributed by atoms with van der Waals surface area (Å²) in [6, 6.07) is 9.17. The van der Waals surface area contributed by atoms with Crippen molar-refractivity contribution in [2.45, 2.75) is 13.5 Å². The second-order valence-electron chi connectivity index (χ2n) is 5.73. The van der Waals surface area contributed by atoms with Gasteiger partial charge in [-0.2, -0.15) is 4.99 Å². The number of carbonyl (C=O) groups excluding carboxylic acids is 1. The van der Waals surface area contributed by atoms with Gasteiger partial charge in [-0.05, 0) is 37.3 Å². The van der Waals surface area contributed by atoms with Crippen LogP contribution in [0.5, 0.6) is 11.5 Å². The summed E-state index contributed by atoms with van der Waals surface area (Å²) in [6.45, 7) is 2.67. The van der Waals surface area contributed by atoms with E-state index in [0.29, 0.717) is 16.9 Å². The number of ether oxygens (including phenoxy) is 2. The highest BCUT2D eigenvalue weighted by Crippen LogP contribution is 2.35. The number of hydrogen-bond donors (Lipinski definition) is 0. The van der Waals surface area contributed by atoms with Crippen LogP contribution in [-0.4, -0.2) is 29.7 Å². The van der Waals surface area contributed by atoms with Crippen molar-refractivity contribution in [2.75, 3.05) is 14.2 Å². The van der Waals surface area contributed by atoms with Crippen LogP contribution in [0, 0.1) is 0 Å². The average Bonchev–Trinajstić information content (AvgIpc) is 3.30. The van der Waals surface area contributed by atoms with Crippen LogP contribution < -0.4 is 14.3 Å². The molecule has 8 heteroatoms. The third-order valence-corrected chi connectivity index (χ3v) is 6.17. The molecular weight excluding hydrogens is 382 g/mol. The summed E-state index contributed by atoms with van der Waals surface area (Å²) < 4.78 is 14.8. The predicted molar refractivity (Wildman–Crippen MR) is 108 cm³/mol. The summed E-state index contributed by atoms with van der Waals surface area (Å²) in [4.78, 5) is 22.0. The van der Waals surface area contributed by atoms with Crippen LogP contribution in [0.1, 0.15) is 17.3 Å². The van der Waals surface area contributed by atoms with Gasteiger partial charge in [-0.1, -0.05) is 11.3 Å². The maximum absolute atomic E-state index is 12.8. The first kappa shape index (κ1) is 17.7. The first-order valence-electron chi connectivity index (χ1n) is 8.33. The van der Waals surface area contributed by atoms with Crippen molar-refractivity contribution in [1.82, 2.24) is 9.55 Å². The van der Waals surface area contributed by atoms with Crippen LogP contribution in [-0.2, 0) is 6.54 Å². The summed E-state index contributed by atoms with van der Waals surface area (Å²) in [7, 11) is 3.26. The lowest BCUT2D eigenvalue weighted by Gasteiger charge is -2.08. The molecule has 0 saturated heterocycles. The molecule has 0 atom stereocenters. The smallest absolute Gasteiger partial charge is 0.279 e. The van der Waals surface area contributed by atoms with Gasteiger partial charge >= 0.3 is 0 Å². The first-order chi connectivity index (χ1) is 13.2. The summed E-state index contributed by atoms with van der Waals surface area (Å²) in [5.74, 6) is 1.18. The van der Waals surface area contributed by atoms with Gasteiger partial charge in [-0.15, -0.1) is 11.3 Å². The Hall–Kier alpha value is -2.71. The van der Waals surface area contributed by atoms with Crippen LogP contribution in [0.15, 0.2) is 40.8 Å². The van der Waals surface area contributed by atoms with Crippen molar-refractivity contribution in [3.8, 4) is 11.5 Å². The molecule has 4 aromatic rings. The molecule has 138 valence electrons. The summed E-state index contributed by atoms with van der Waals surface area (Å²) in [6.07, 6.45) is 0. The van der Waals surface area contributed by atoms with E-state index in [4.69, 9.17) is 9.47 Å². The van der Waals surface area contributed by atoms with E-state index in [9.17, 15) is 4.79 Å². The number of fused-ring (bicyclic) bond motifs is 2. The monoisotopic (exact) mass is 399 g/mol. The highest BCUT2D eigenvalue weighted by molar-refractivity contribution is 7.17. The van der Waals surface area contributed by atoms with Gasteiger partial charge in [-0.25, -0.2) is 4.98 Å². The van der Waals surface area contributed by atoms with Crippen LogP contribution in [0.2, 0.25) is 0 Å². The zero-order valence-electron chi connectivity index (χ0n) is 15.1. The molecule has 0 unspecified atom stereocenters. The van der Waals surface area contributed by atoms with E-state index in [1.165, 1.54) is 22.7 Å². The van der Waals surface area contributed by atoms with Crippen LogP contribution in [0.4, 0.5) is 0 Å². The minimum Gasteiger partial charge on any atom is -0.495 e. The molecule has 0 aliphatic heterocycles. The summed E-state index contributed by atoms with van der Waals surface area (Å²) in [5.41, 5.74) is 4.09. The van der Waals surface area contributed by atoms with Gasteiger partial charge < -0.3 is 14.0 Å². The fraction of sp³-hybridized carbons (Fsp3) is 0.211. The number of methoxy groups -OCH3 is 2. The van der Waals surface area contributed by atoms with E-state index in [2.05, 4.69) is 9.98 Å². The third-order valence-electron chi connectivity index (χ3n) is 4.28. The Bertz CT molecular complexity index is 1220. The Labute approximate surface area is 163 Å². The third kappa shape index (κ3) is 3.00. The Morgan fingerprint density at radius 1 is 1.19 bits per heavy atom. The summed E-state index contributed by atoms with van der Waals surface area (Å²) >= 11 is 2.92. The minimum absolute atomic E-state index is 0.281. The van der Waals surface area contributed by atoms with Crippen molar-refractivity contribution in [3.63, 3.8) is 0 Å². The largest absolute Gasteiger partial charge is 0.495 e. The molecular formula is C19H17N3O3S2. The number of aromatic nitrogens is 2. The molecule has 2 aromatic carbocycles. The Balaban J connectivity index is 1.90. The first-order valence-corrected chi connectivity index (χ1v) is 10.0. The van der Waals surface area contributed by atoms with Crippen LogP contribution in [0.25, 0.3) is 20.4 Å². The molecule has 4 rings (SSSR count). The molecule has 2 heterocycles. The van der Waals surface area contributed by atoms with Crippen LogP contribution >= 0.6 is 22.7 Å². The van der Waals surface area contributed by atoms with Gasteiger partial charge in [0, 0.05) is 12.1 Å². The molecule has 2 aromatic heterocycles. The number of amides is 1. The molecule has 0 saturated carbocycles. The molecule has 6 nitrogen and oxygen atoms in total. The number of aryl methyl sites for hydroxylation is 1. The molecule has 0 N–H and O–H groups in total. The van der Waals surface area contributed by atoms with E-state index in [0.717, 1.165) is 31.9 Å². The highest BCUT2D eigenvalue weighted by Gasteiger charge is 2.16. The lowest BCUT2D eigenvalue weighted by molar-refractivity contribution is 0.0998. The normalized spacial score (nSPS) is 12.0. The van der Waals surface area contributed by atoms with Crippen molar-refractivity contribution in [1.29, 1.82) is 0 Å². The molecule has 0 spiro atoms. The Kier molecular flexibility index (Phi) is 4.67. The molecule has 0 aliphatic rings. The molecule has 0 fully saturated rings. The van der Waals surface area contributed by atoms with Gasteiger partial charge in [-0.3, -0.25) is 4.79 Å². The Morgan fingerprint density at radius 2 is 1.96 bits per heavy atom. The highest BCUT2D eigenvalue weighted by atomic mass is 32.1. The standard InChI is InChI=1S/C19H17N3O3S2/c1-4-22-16-13(24-2)7-8-14(25-3)17(16)27-19(22)21-18(23)11-5-6-12-15(9-11)26-10-20-12/h5-10H,4H2,1-3H3. The summed E-state index contributed by atoms with van der Waals surface area (Å²) in [5, 5.41) is 0. The Morgan fingerprint density at radius 3 is 2.70 bits per heavy atom. The van der Waals surface area contributed by atoms with E-state index >= 15 is 0 Å². The number of hydrogen-bond acceptors (Lipinski definition) is 6. The zero-order valence-corrected chi connectivity index (χ0v) is 16.7. The lowest BCUT2D eigenvalue weighted by Crippen LogP contribution is -2.16. The van der Waals surface area contributed by atoms with E-state index in [1.807, 2.05) is 35.8 Å². The maximum Gasteiger partial charge on any atom is 0.279 e. The lowest BCUT2D eigenvalue weighted by atomic mass is 10.2. The molecule has 1 amide bonds. The number of thiazole rings is 2. The molecule has 0 aliphatic carbocycles. The quantitative estimate of drug-likeness (QED) is 0.518. The second-order valence-corrected chi connectivity index (χ2v) is 7.59. The van der Waals surface area contributed by atoms with Gasteiger partial charge in [0.25, 0.3) is 5.91 Å². The van der Waals surface area contributed by atoms with E-state index < -0.39 is 0 Å². The SMILES string of the molecule is CCn1c(=NC(=O)c2ccc3ncsc3c2)sc2c(OC)ccc(OC)c21. The molecule has 0 radical (unpaired) electrons. The van der Waals surface area contributed by atoms with E-state index in [-0.39, 0.29) is 5.91 Å². The average molecular weight is 399 g/mol. The van der Waals surface area contributed by atoms with Crippen molar-refractivity contribution < 1.29 is 14.3 Å². The van der Waals surface area contributed by atoms with Crippen molar-refractivity contribution >= 4 is 49.0 Å². The zero-order chi connectivity index (χ0) is 19.0. The molecule has 0 bridgehead atoms. The second kappa shape index (κ2) is 7.13. The fourth-order valence-corrected chi connectivity index (χ4v) is 4.89. The van der Waals surface area contributed by atoms with E-state index in [1.54, 1.807) is 25.8 Å². The van der Waals surface area contributed by atoms with Gasteiger partial charge in [0.15, 0.2) is 4.80 Å². The predicted octanol–water partition coefficient (Wildman–Crippen LogP) is 4.09. The number of nitrogens with zero attached hydrogens (tertiary/aromatic N) is 3. The molecule has 27 heavy (non-hydrogen) atoms. The van der Waals surface area contributed by atoms with Crippen molar-refractivity contribution in [3.05, 3.63) is 46.2 Å². The van der Waals surface area contributed by atoms with Gasteiger partial charge in [0.2, 0.25) is 0 Å². The maximum atomic E-state index is 12.8. The fourth-order valence-electron chi connectivity index (χ4n) is 2.97. The number of rotatable bonds is 4. The topological polar surface area (TPSA) is 65.7 Å². The van der Waals surface area contributed by atoms with Gasteiger partial charge in [0.1, 0.15) is 21.7 Å². The van der Waals surface area contributed by atoms with Crippen molar-refractivity contribution in [2.24, 2.45) is 4.99 Å². The van der Waals surface area contributed by atoms with Gasteiger partial charge in [0.05, 0.1) is 29.9 Å². The van der Waals surface area contributed by atoms with Crippen LogP contribution in [0.3, 0.4) is 0 Å². The number of carbonyl (C=O) groups is 1. The minimum atomic E-state index is -0.281.